The van der Waals surface area contributed by atoms with Gasteiger partial charge >= 0.3 is 0 Å². The standard InChI is InChI=1S/C60H86N8O12S2/c1-39-51(81-37-63-39)43-19-15-41(16-20-43)31-61-55(73)47-29-45(69)33-67(47)57(75)53(59(3,4)5)65-49(71)35-79-27-13-11-25-77-23-9-10-24-78-26-12-14-28-80-36-50(72)66-54(60(6,7)8)58(76)68-34-46(70)30-48(68)56(74)62-32-42-17-21-44(22-18-42)52-40(2)64-38-82-52/h15-22,37-38,45-48,53-54,69-70H,9-14,23-36H2,1-8H3,(H,61,73)(H,62,74)(H,65,71)(H,66,72)/t45-,46-,47+,48+,53?,54?/m1/s1. The molecule has 2 aliphatic rings. The van der Waals surface area contributed by atoms with Crippen LogP contribution < -0.4 is 21.3 Å². The number of unbranched alkanes of at least 4 members (excludes halogenated alkanes) is 3. The number of rotatable bonds is 31. The zero-order chi connectivity index (χ0) is 59.4. The lowest BCUT2D eigenvalue weighted by atomic mass is 9.85. The molecule has 2 saturated heterocycles. The average Bonchev–Trinajstić information content (AvgIpc) is 4.30. The summed E-state index contributed by atoms with van der Waals surface area (Å²) in [6.07, 6.45) is 2.98. The van der Waals surface area contributed by atoms with Crippen molar-refractivity contribution >= 4 is 58.1 Å². The Morgan fingerprint density at radius 1 is 0.549 bits per heavy atom. The lowest BCUT2D eigenvalue weighted by molar-refractivity contribution is -0.144. The molecule has 6 N–H and O–H groups in total. The van der Waals surface area contributed by atoms with Gasteiger partial charge in [0.05, 0.1) is 44.4 Å². The fourth-order valence-electron chi connectivity index (χ4n) is 9.72. The molecule has 2 aromatic heterocycles. The Morgan fingerprint density at radius 2 is 0.878 bits per heavy atom. The van der Waals surface area contributed by atoms with Crippen molar-refractivity contribution in [2.75, 3.05) is 65.9 Å². The van der Waals surface area contributed by atoms with Gasteiger partial charge in [0, 0.05) is 78.7 Å². The molecule has 450 valence electrons. The van der Waals surface area contributed by atoms with Crippen LogP contribution in [0.1, 0.15) is 115 Å². The van der Waals surface area contributed by atoms with Gasteiger partial charge in [-0.15, -0.1) is 22.7 Å². The topological polar surface area (TPSA) is 260 Å². The van der Waals surface area contributed by atoms with Crippen LogP contribution in [0.4, 0.5) is 0 Å². The minimum atomic E-state index is -0.952. The normalized spacial score (nSPS) is 18.1. The number of aliphatic hydroxyl groups is 2. The van der Waals surface area contributed by atoms with Crippen molar-refractivity contribution in [1.29, 1.82) is 0 Å². The first-order valence-electron chi connectivity index (χ1n) is 28.5. The van der Waals surface area contributed by atoms with Crippen LogP contribution in [-0.4, -0.2) is 168 Å². The summed E-state index contributed by atoms with van der Waals surface area (Å²) in [6, 6.07) is 12.1. The van der Waals surface area contributed by atoms with Crippen LogP contribution in [0.3, 0.4) is 0 Å². The highest BCUT2D eigenvalue weighted by atomic mass is 32.1. The highest BCUT2D eigenvalue weighted by Gasteiger charge is 2.46. The Kier molecular flexibility index (Phi) is 25.4. The van der Waals surface area contributed by atoms with E-state index in [9.17, 15) is 39.0 Å². The summed E-state index contributed by atoms with van der Waals surface area (Å²) in [5.41, 5.74) is 8.03. The molecule has 22 heteroatoms. The fraction of sp³-hybridized carbons (Fsp3) is 0.600. The molecule has 6 rings (SSSR count). The first-order valence-corrected chi connectivity index (χ1v) is 30.3. The molecule has 0 aliphatic carbocycles. The second kappa shape index (κ2) is 31.8. The third-order valence-electron chi connectivity index (χ3n) is 14.4. The Balaban J connectivity index is 0.763. The molecule has 4 heterocycles. The first-order chi connectivity index (χ1) is 39.1. The fourth-order valence-corrected chi connectivity index (χ4v) is 11.3. The number of hydrogen-bond acceptors (Lipinski definition) is 16. The number of hydrogen-bond donors (Lipinski definition) is 6. The maximum absolute atomic E-state index is 14.0. The summed E-state index contributed by atoms with van der Waals surface area (Å²) in [5.74, 6) is -2.51. The van der Waals surface area contributed by atoms with E-state index in [-0.39, 0.29) is 64.0 Å². The largest absolute Gasteiger partial charge is 0.391 e. The van der Waals surface area contributed by atoms with Crippen molar-refractivity contribution in [3.05, 3.63) is 82.1 Å². The molecule has 82 heavy (non-hydrogen) atoms. The number of aromatic nitrogens is 2. The number of thiazole rings is 2. The van der Waals surface area contributed by atoms with Crippen LogP contribution in [0, 0.1) is 24.7 Å². The zero-order valence-corrected chi connectivity index (χ0v) is 50.6. The van der Waals surface area contributed by atoms with Crippen LogP contribution in [0.2, 0.25) is 0 Å². The van der Waals surface area contributed by atoms with E-state index in [1.165, 1.54) is 9.80 Å². The van der Waals surface area contributed by atoms with Gasteiger partial charge in [0.2, 0.25) is 35.4 Å². The highest BCUT2D eigenvalue weighted by Crippen LogP contribution is 2.31. The first kappa shape index (κ1) is 65.4. The van der Waals surface area contributed by atoms with E-state index in [2.05, 4.69) is 31.2 Å². The zero-order valence-electron chi connectivity index (χ0n) is 49.0. The van der Waals surface area contributed by atoms with Gasteiger partial charge in [0.25, 0.3) is 0 Å². The number of amides is 6. The molecule has 20 nitrogen and oxygen atoms in total. The summed E-state index contributed by atoms with van der Waals surface area (Å²) in [7, 11) is 0. The molecule has 2 unspecified atom stereocenters. The summed E-state index contributed by atoms with van der Waals surface area (Å²) in [4.78, 5) is 94.4. The van der Waals surface area contributed by atoms with E-state index in [1.807, 2.05) is 115 Å². The van der Waals surface area contributed by atoms with Crippen molar-refractivity contribution in [2.24, 2.45) is 10.8 Å². The SMILES string of the molecule is Cc1ncsc1-c1ccc(CNC(=O)[C@@H]2C[C@@H](O)CN2C(=O)C(NC(=O)COCCCCOCCCCOCCCCOCC(=O)NC(C(=O)N2C[C@H](O)C[C@H]2C(=O)NCc2ccc(-c3scnc3C)cc2)C(C)(C)C)C(C)(C)C)cc1. The molecule has 2 aromatic carbocycles. The van der Waals surface area contributed by atoms with Gasteiger partial charge in [0.1, 0.15) is 37.4 Å². The molecule has 0 saturated carbocycles. The molecule has 6 atom stereocenters. The maximum Gasteiger partial charge on any atom is 0.246 e. The molecular weight excluding hydrogens is 1090 g/mol. The highest BCUT2D eigenvalue weighted by molar-refractivity contribution is 7.13. The third-order valence-corrected chi connectivity index (χ3v) is 16.3. The molecule has 6 amide bonds. The van der Waals surface area contributed by atoms with Crippen molar-refractivity contribution in [2.45, 2.75) is 156 Å². The predicted molar refractivity (Wildman–Crippen MR) is 314 cm³/mol. The molecular formula is C60H86N8O12S2. The van der Waals surface area contributed by atoms with Gasteiger partial charge in [-0.25, -0.2) is 9.97 Å². The number of benzene rings is 2. The second-order valence-electron chi connectivity index (χ2n) is 23.3. The Bertz CT molecular complexity index is 2510. The molecule has 0 radical (unpaired) electrons. The molecule has 0 spiro atoms. The van der Waals surface area contributed by atoms with Crippen molar-refractivity contribution in [3.8, 4) is 20.9 Å². The summed E-state index contributed by atoms with van der Waals surface area (Å²) >= 11 is 3.14. The summed E-state index contributed by atoms with van der Waals surface area (Å²) in [5, 5.41) is 32.6. The number of carbonyl (C=O) groups excluding carboxylic acids is 6. The van der Waals surface area contributed by atoms with Crippen molar-refractivity contribution < 1.29 is 57.9 Å². The predicted octanol–water partition coefficient (Wildman–Crippen LogP) is 5.88. The number of β-amino-alcohol motifs (C(OH)–C–C–N with tert-alkyl or cyclic N) is 2. The number of carbonyl (C=O) groups is 6. The number of aryl methyl sites for hydroxylation is 2. The van der Waals surface area contributed by atoms with Gasteiger partial charge in [-0.1, -0.05) is 90.1 Å². The third kappa shape index (κ3) is 20.0. The van der Waals surface area contributed by atoms with Gasteiger partial charge in [-0.05, 0) is 85.5 Å². The van der Waals surface area contributed by atoms with Crippen LogP contribution in [0.15, 0.2) is 59.6 Å². The van der Waals surface area contributed by atoms with Gasteiger partial charge < -0.3 is 60.2 Å². The second-order valence-corrected chi connectivity index (χ2v) is 25.0. The number of likely N-dealkylation sites (tertiary alicyclic amines) is 2. The molecule has 0 bridgehead atoms. The number of nitrogens with one attached hydrogen (secondary N) is 4. The van der Waals surface area contributed by atoms with Gasteiger partial charge in [-0.2, -0.15) is 0 Å². The van der Waals surface area contributed by atoms with Crippen LogP contribution in [-0.2, 0) is 60.8 Å². The molecule has 4 aromatic rings. The molecule has 2 fully saturated rings. The van der Waals surface area contributed by atoms with Crippen LogP contribution >= 0.6 is 22.7 Å². The number of nitrogens with zero attached hydrogens (tertiary/aromatic N) is 4. The van der Waals surface area contributed by atoms with E-state index < -0.39 is 70.8 Å². The monoisotopic (exact) mass is 1170 g/mol. The Hall–Kier alpha value is -5.72. The van der Waals surface area contributed by atoms with E-state index >= 15 is 0 Å². The maximum atomic E-state index is 14.0. The van der Waals surface area contributed by atoms with E-state index in [1.54, 1.807) is 22.7 Å². The van der Waals surface area contributed by atoms with Crippen LogP contribution in [0.25, 0.3) is 20.9 Å². The number of ether oxygens (including phenoxy) is 4. The minimum absolute atomic E-state index is 0.0142. The lowest BCUT2D eigenvalue weighted by Gasteiger charge is -2.35. The number of aliphatic hydroxyl groups excluding tert-OH is 2. The van der Waals surface area contributed by atoms with Crippen molar-refractivity contribution in [1.82, 2.24) is 41.0 Å². The quantitative estimate of drug-likeness (QED) is 0.0322. The smallest absolute Gasteiger partial charge is 0.246 e. The Labute approximate surface area is 490 Å². The average molecular weight is 1180 g/mol. The summed E-state index contributed by atoms with van der Waals surface area (Å²) < 4.78 is 22.8. The Morgan fingerprint density at radius 3 is 1.18 bits per heavy atom. The van der Waals surface area contributed by atoms with Gasteiger partial charge in [0.15, 0.2) is 0 Å². The van der Waals surface area contributed by atoms with E-state index in [0.29, 0.717) is 52.5 Å². The van der Waals surface area contributed by atoms with Gasteiger partial charge in [-0.3, -0.25) is 28.8 Å². The lowest BCUT2D eigenvalue weighted by Crippen LogP contribution is -2.58. The minimum Gasteiger partial charge on any atom is -0.391 e. The van der Waals surface area contributed by atoms with E-state index in [4.69, 9.17) is 18.9 Å². The molecule has 2 aliphatic heterocycles. The van der Waals surface area contributed by atoms with Crippen LogP contribution in [0.5, 0.6) is 0 Å². The summed E-state index contributed by atoms with van der Waals surface area (Å²) in [6.45, 7) is 17.9. The van der Waals surface area contributed by atoms with Crippen molar-refractivity contribution in [3.63, 3.8) is 0 Å². The van der Waals surface area contributed by atoms with E-state index in [0.717, 1.165) is 69.1 Å².